The molecular formula is C69H47FN2O. The predicted molar refractivity (Wildman–Crippen MR) is 306 cm³/mol. The molecule has 11 aromatic carbocycles. The van der Waals surface area contributed by atoms with Gasteiger partial charge in [-0.25, -0.2) is 4.39 Å². The highest BCUT2D eigenvalue weighted by Gasteiger charge is 2.21. The summed E-state index contributed by atoms with van der Waals surface area (Å²) in [6, 6.07) is 83.5. The molecule has 0 spiro atoms. The Bertz CT molecular complexity index is 4290. The zero-order chi connectivity index (χ0) is 49.0. The first-order valence-electron chi connectivity index (χ1n) is 24.7. The molecule has 0 aliphatic heterocycles. The van der Waals surface area contributed by atoms with Crippen LogP contribution in [0.4, 0.5) is 21.5 Å². The second kappa shape index (κ2) is 18.0. The van der Waals surface area contributed by atoms with E-state index in [4.69, 9.17) is 4.42 Å². The minimum atomic E-state index is -0.243. The van der Waals surface area contributed by atoms with E-state index in [1.54, 1.807) is 6.08 Å². The van der Waals surface area contributed by atoms with E-state index in [1.807, 2.05) is 24.3 Å². The molecule has 2 heterocycles. The van der Waals surface area contributed by atoms with Crippen molar-refractivity contribution in [3.8, 4) is 50.2 Å². The molecule has 0 aliphatic carbocycles. The van der Waals surface area contributed by atoms with Gasteiger partial charge in [0.2, 0.25) is 0 Å². The highest BCUT2D eigenvalue weighted by Crippen LogP contribution is 2.45. The molecular weight excluding hydrogens is 892 g/mol. The molecule has 0 aliphatic rings. The van der Waals surface area contributed by atoms with Crippen LogP contribution in [0.5, 0.6) is 0 Å². The van der Waals surface area contributed by atoms with Crippen LogP contribution in [0.25, 0.3) is 111 Å². The summed E-state index contributed by atoms with van der Waals surface area (Å²) < 4.78 is 23.0. The van der Waals surface area contributed by atoms with Gasteiger partial charge >= 0.3 is 0 Å². The minimum Gasteiger partial charge on any atom is -0.456 e. The molecule has 0 amide bonds. The van der Waals surface area contributed by atoms with E-state index in [0.29, 0.717) is 0 Å². The molecule has 0 unspecified atom stereocenters. The monoisotopic (exact) mass is 938 g/mol. The van der Waals surface area contributed by atoms with Crippen LogP contribution in [-0.2, 0) is 0 Å². The molecule has 2 aromatic heterocycles. The van der Waals surface area contributed by atoms with Gasteiger partial charge in [-0.2, -0.15) is 0 Å². The fourth-order valence-electron chi connectivity index (χ4n) is 10.8. The molecule has 0 N–H and O–H groups in total. The zero-order valence-corrected chi connectivity index (χ0v) is 40.1. The second-order valence-corrected chi connectivity index (χ2v) is 18.7. The van der Waals surface area contributed by atoms with Crippen LogP contribution >= 0.6 is 0 Å². The number of furan rings is 1. The summed E-state index contributed by atoms with van der Waals surface area (Å²) in [6.07, 6.45) is 5.69. The standard InChI is InChI=1S/C69H47FN2O/c1-3-4-25-68-45(2)58-22-14-23-60(69(58)73-68)53-41-51(50-31-37-64-63-21-12-13-24-65(63)72(67(64)44-50)56-34-28-48(29-35-56)47-26-32-54(70)33-27-47)40-52(42-53)59-38-39-66(62-20-11-10-19-61(59)62)71(55-17-6-5-7-18-55)57-36-30-46-15-8-9-16-49(46)43-57/h3-44H,1H2,2H3/b25-4-. The molecule has 0 atom stereocenters. The summed E-state index contributed by atoms with van der Waals surface area (Å²) in [4.78, 5) is 2.38. The number of rotatable bonds is 10. The Hall–Kier alpha value is -9.51. The molecule has 0 radical (unpaired) electrons. The van der Waals surface area contributed by atoms with E-state index >= 15 is 0 Å². The normalized spacial score (nSPS) is 11.7. The molecule has 13 rings (SSSR count). The Labute approximate surface area is 423 Å². The van der Waals surface area contributed by atoms with Crippen LogP contribution in [0.1, 0.15) is 11.3 Å². The Balaban J connectivity index is 1.02. The molecule has 0 saturated carbocycles. The first-order chi connectivity index (χ1) is 36.0. The van der Waals surface area contributed by atoms with Crippen LogP contribution in [-0.4, -0.2) is 4.57 Å². The number of allylic oxidation sites excluding steroid dienone is 2. The van der Waals surface area contributed by atoms with Gasteiger partial charge in [-0.3, -0.25) is 0 Å². The first-order valence-corrected chi connectivity index (χ1v) is 24.7. The number of hydrogen-bond acceptors (Lipinski definition) is 2. The van der Waals surface area contributed by atoms with Crippen molar-refractivity contribution in [3.63, 3.8) is 0 Å². The summed E-state index contributed by atoms with van der Waals surface area (Å²) in [5.41, 5.74) is 16.9. The number of benzene rings is 11. The van der Waals surface area contributed by atoms with E-state index in [2.05, 4.69) is 235 Å². The van der Waals surface area contributed by atoms with Crippen molar-refractivity contribution in [3.05, 3.63) is 272 Å². The Morgan fingerprint density at radius 1 is 0.452 bits per heavy atom. The molecule has 3 nitrogen and oxygen atoms in total. The highest BCUT2D eigenvalue weighted by atomic mass is 19.1. The van der Waals surface area contributed by atoms with E-state index in [1.165, 1.54) is 33.7 Å². The molecule has 13 aromatic rings. The van der Waals surface area contributed by atoms with Crippen molar-refractivity contribution in [1.29, 1.82) is 0 Å². The average molecular weight is 939 g/mol. The SMILES string of the molecule is C=C/C=C\c1oc2c(-c3cc(-c4ccc5c6ccccc6n(-c6ccc(-c7ccc(F)cc7)cc6)c5c4)cc(-c4ccc(N(c5ccccc5)c5ccc6ccccc6c5)c5ccccc45)c3)cccc2c1C. The van der Waals surface area contributed by atoms with Gasteiger partial charge < -0.3 is 13.9 Å². The second-order valence-electron chi connectivity index (χ2n) is 18.7. The van der Waals surface area contributed by atoms with Crippen molar-refractivity contribution in [1.82, 2.24) is 4.57 Å². The fraction of sp³-hybridized carbons (Fsp3) is 0.0145. The van der Waals surface area contributed by atoms with Crippen molar-refractivity contribution in [2.45, 2.75) is 6.92 Å². The summed E-state index contributed by atoms with van der Waals surface area (Å²) in [6.45, 7) is 6.03. The maximum atomic E-state index is 13.9. The van der Waals surface area contributed by atoms with Crippen molar-refractivity contribution >= 4 is 77.5 Å². The van der Waals surface area contributed by atoms with Gasteiger partial charge in [0.05, 0.1) is 16.7 Å². The summed E-state index contributed by atoms with van der Waals surface area (Å²) >= 11 is 0. The molecule has 346 valence electrons. The first kappa shape index (κ1) is 43.5. The Morgan fingerprint density at radius 3 is 1.89 bits per heavy atom. The van der Waals surface area contributed by atoms with Gasteiger partial charge in [-0.1, -0.05) is 170 Å². The van der Waals surface area contributed by atoms with Gasteiger partial charge in [0.1, 0.15) is 17.2 Å². The predicted octanol–water partition coefficient (Wildman–Crippen LogP) is 19.6. The zero-order valence-electron chi connectivity index (χ0n) is 40.1. The van der Waals surface area contributed by atoms with Crippen LogP contribution in [0, 0.1) is 12.7 Å². The number of nitrogens with zero attached hydrogens (tertiary/aromatic N) is 2. The maximum absolute atomic E-state index is 13.9. The largest absolute Gasteiger partial charge is 0.456 e. The number of aryl methyl sites for hydroxylation is 1. The average Bonchev–Trinajstić information content (AvgIpc) is 3.96. The van der Waals surface area contributed by atoms with Gasteiger partial charge in [0, 0.05) is 49.7 Å². The number of para-hydroxylation sites is 3. The van der Waals surface area contributed by atoms with Gasteiger partial charge in [-0.05, 0) is 153 Å². The van der Waals surface area contributed by atoms with Gasteiger partial charge in [0.15, 0.2) is 0 Å². The number of halogens is 1. The van der Waals surface area contributed by atoms with Gasteiger partial charge in [0.25, 0.3) is 0 Å². The smallest absolute Gasteiger partial charge is 0.142 e. The molecule has 0 saturated heterocycles. The lowest BCUT2D eigenvalue weighted by atomic mass is 9.90. The quantitative estimate of drug-likeness (QED) is 0.127. The topological polar surface area (TPSA) is 21.3 Å². The highest BCUT2D eigenvalue weighted by molar-refractivity contribution is 6.11. The van der Waals surface area contributed by atoms with Crippen molar-refractivity contribution < 1.29 is 8.81 Å². The van der Waals surface area contributed by atoms with Crippen LogP contribution < -0.4 is 4.90 Å². The summed E-state index contributed by atoms with van der Waals surface area (Å²) in [5, 5.41) is 8.12. The molecule has 0 bridgehead atoms. The van der Waals surface area contributed by atoms with E-state index < -0.39 is 0 Å². The summed E-state index contributed by atoms with van der Waals surface area (Å²) in [7, 11) is 0. The number of aromatic nitrogens is 1. The third kappa shape index (κ3) is 7.69. The Morgan fingerprint density at radius 2 is 1.10 bits per heavy atom. The van der Waals surface area contributed by atoms with Crippen molar-refractivity contribution in [2.75, 3.05) is 4.90 Å². The van der Waals surface area contributed by atoms with E-state index in [-0.39, 0.29) is 5.82 Å². The van der Waals surface area contributed by atoms with Crippen LogP contribution in [0.2, 0.25) is 0 Å². The minimum absolute atomic E-state index is 0.243. The number of hydrogen-bond donors (Lipinski definition) is 0. The molecule has 0 fully saturated rings. The third-order valence-electron chi connectivity index (χ3n) is 14.4. The lowest BCUT2D eigenvalue weighted by Gasteiger charge is -2.28. The Kier molecular flexibility index (Phi) is 10.7. The third-order valence-corrected chi connectivity index (χ3v) is 14.4. The van der Waals surface area contributed by atoms with Crippen molar-refractivity contribution in [2.24, 2.45) is 0 Å². The van der Waals surface area contributed by atoms with Gasteiger partial charge in [-0.15, -0.1) is 0 Å². The fourth-order valence-corrected chi connectivity index (χ4v) is 10.8. The maximum Gasteiger partial charge on any atom is 0.142 e. The van der Waals surface area contributed by atoms with E-state index in [0.717, 1.165) is 111 Å². The van der Waals surface area contributed by atoms with Crippen LogP contribution in [0.3, 0.4) is 0 Å². The molecule has 4 heteroatoms. The lowest BCUT2D eigenvalue weighted by molar-refractivity contribution is 0.602. The van der Waals surface area contributed by atoms with Crippen LogP contribution in [0.15, 0.2) is 260 Å². The molecule has 73 heavy (non-hydrogen) atoms. The number of fused-ring (bicyclic) bond motifs is 6. The van der Waals surface area contributed by atoms with E-state index in [9.17, 15) is 4.39 Å². The summed E-state index contributed by atoms with van der Waals surface area (Å²) in [5.74, 6) is 0.575. The lowest BCUT2D eigenvalue weighted by Crippen LogP contribution is -2.10. The number of anilines is 3.